The lowest BCUT2D eigenvalue weighted by molar-refractivity contribution is -0.349. The lowest BCUT2D eigenvalue weighted by Gasteiger charge is -2.47. The largest absolute Gasteiger partial charge is 0.397 e. The number of carbonyl (C=O) groups excluding carboxylic acids is 2. The van der Waals surface area contributed by atoms with E-state index in [2.05, 4.69) is 14.8 Å². The Bertz CT molecular complexity index is 1330. The van der Waals surface area contributed by atoms with Gasteiger partial charge in [0.2, 0.25) is 11.8 Å². The van der Waals surface area contributed by atoms with Crippen LogP contribution >= 0.6 is 0 Å². The Balaban J connectivity index is 1.88. The Labute approximate surface area is 312 Å². The number of aliphatic hydroxyl groups excluding tert-OH is 12. The first-order valence-corrected chi connectivity index (χ1v) is 18.0. The maximum Gasteiger partial charge on any atom is 0.397 e. The Kier molecular flexibility index (Phi) is 17.8. The number of ether oxygens (including phenoxy) is 6. The summed E-state index contributed by atoms with van der Waals surface area (Å²) in [5.74, 6) is -1.61. The molecular formula is C28H50N2O24S. The zero-order chi connectivity index (χ0) is 41.5. The summed E-state index contributed by atoms with van der Waals surface area (Å²) >= 11 is 0. The van der Waals surface area contributed by atoms with E-state index in [1.807, 2.05) is 0 Å². The summed E-state index contributed by atoms with van der Waals surface area (Å²) in [6, 6.07) is -3.29. The van der Waals surface area contributed by atoms with Crippen LogP contribution in [0.25, 0.3) is 0 Å². The first-order valence-electron chi connectivity index (χ1n) is 16.7. The van der Waals surface area contributed by atoms with E-state index < -0.39 is 172 Å². The molecule has 0 aromatic carbocycles. The Morgan fingerprint density at radius 2 is 1.25 bits per heavy atom. The monoisotopic (exact) mass is 830 g/mol. The third-order valence-electron chi connectivity index (χ3n) is 8.85. The van der Waals surface area contributed by atoms with Gasteiger partial charge in [-0.05, 0) is 0 Å². The summed E-state index contributed by atoms with van der Waals surface area (Å²) in [6.45, 7) is -2.94. The molecule has 26 nitrogen and oxygen atoms in total. The lowest BCUT2D eigenvalue weighted by atomic mass is 9.95. The minimum absolute atomic E-state index is 0.777. The van der Waals surface area contributed by atoms with Gasteiger partial charge in [0.1, 0.15) is 91.5 Å². The molecule has 0 aromatic rings. The zero-order valence-electron chi connectivity index (χ0n) is 29.2. The van der Waals surface area contributed by atoms with Gasteiger partial charge in [-0.1, -0.05) is 0 Å². The molecule has 55 heavy (non-hydrogen) atoms. The third-order valence-corrected chi connectivity index (χ3v) is 9.28. The van der Waals surface area contributed by atoms with Crippen molar-refractivity contribution in [2.45, 2.75) is 130 Å². The van der Waals surface area contributed by atoms with E-state index in [-0.39, 0.29) is 0 Å². The number of aliphatic hydroxyl groups is 12. The molecule has 0 saturated carbocycles. The van der Waals surface area contributed by atoms with E-state index in [1.54, 1.807) is 0 Å². The van der Waals surface area contributed by atoms with Gasteiger partial charge in [0.25, 0.3) is 0 Å². The fourth-order valence-corrected chi connectivity index (χ4v) is 6.30. The van der Waals surface area contributed by atoms with Crippen molar-refractivity contribution in [1.82, 2.24) is 10.6 Å². The second kappa shape index (κ2) is 20.7. The topological polar surface area (TPSA) is 420 Å². The molecular weight excluding hydrogens is 780 g/mol. The van der Waals surface area contributed by atoms with Crippen molar-refractivity contribution in [2.75, 3.05) is 33.0 Å². The normalized spacial score (nSPS) is 39.4. The quantitative estimate of drug-likeness (QED) is 0.0570. The summed E-state index contributed by atoms with van der Waals surface area (Å²) in [7, 11) is -5.20. The van der Waals surface area contributed by atoms with Gasteiger partial charge in [0.15, 0.2) is 18.9 Å². The van der Waals surface area contributed by atoms with Gasteiger partial charge < -0.3 is 100 Å². The first-order chi connectivity index (χ1) is 25.6. The van der Waals surface area contributed by atoms with E-state index >= 15 is 0 Å². The molecule has 322 valence electrons. The van der Waals surface area contributed by atoms with Crippen LogP contribution in [0, 0.1) is 0 Å². The molecule has 0 aliphatic carbocycles. The highest BCUT2D eigenvalue weighted by Crippen LogP contribution is 2.31. The van der Waals surface area contributed by atoms with Crippen LogP contribution < -0.4 is 10.6 Å². The van der Waals surface area contributed by atoms with Gasteiger partial charge in [-0.25, -0.2) is 4.18 Å². The average molecular weight is 831 g/mol. The molecule has 0 bridgehead atoms. The molecule has 3 aliphatic rings. The number of hydrogen-bond donors (Lipinski definition) is 15. The Hall–Kier alpha value is -1.91. The predicted molar refractivity (Wildman–Crippen MR) is 170 cm³/mol. The van der Waals surface area contributed by atoms with Gasteiger partial charge in [-0.15, -0.1) is 0 Å². The highest BCUT2D eigenvalue weighted by atomic mass is 32.3. The smallest absolute Gasteiger partial charge is 0.394 e. The number of rotatable bonds is 18. The summed E-state index contributed by atoms with van der Waals surface area (Å²) in [4.78, 5) is 24.1. The fraction of sp³-hybridized carbons (Fsp3) is 0.929. The molecule has 3 fully saturated rings. The van der Waals surface area contributed by atoms with Crippen molar-refractivity contribution < 1.29 is 116 Å². The van der Waals surface area contributed by atoms with Crippen molar-refractivity contribution in [3.8, 4) is 0 Å². The average Bonchev–Trinajstić information content (AvgIpc) is 3.12. The van der Waals surface area contributed by atoms with Gasteiger partial charge in [0.05, 0.1) is 39.1 Å². The lowest BCUT2D eigenvalue weighted by Crippen LogP contribution is -2.68. The van der Waals surface area contributed by atoms with Crippen LogP contribution in [-0.2, 0) is 52.6 Å². The van der Waals surface area contributed by atoms with E-state index in [0.717, 1.165) is 13.8 Å². The number of carbonyl (C=O) groups is 2. The molecule has 3 heterocycles. The van der Waals surface area contributed by atoms with Crippen LogP contribution in [-0.4, -0.2) is 236 Å². The van der Waals surface area contributed by atoms with Crippen LogP contribution in [0.2, 0.25) is 0 Å². The summed E-state index contributed by atoms with van der Waals surface area (Å²) in [5, 5.41) is 129. The standard InChI is InChI=1S/C28H50N2O24S/c1-8(34)29-10(3-31)24(53-27-22(43)20(41)17(38)12(4-32)50-27)16(37)11(36)6-48-26-15(30-9(2)35)19(40)25(14(52-26)7-49-55(45,46)47)54-28-23(44)21(42)18(39)13(5-33)51-28/h10-28,31-33,36-44H,3-7H2,1-2H3,(H,29,34)(H,30,35)(H,45,46,47)/t10-,11+,12+,13+,14+,15+,16-,17-,18-,19+,20-,21-,22+,23+,24+,25+,26+,27-,28-/m0/s1. The Morgan fingerprint density at radius 3 is 1.75 bits per heavy atom. The number of amides is 2. The number of nitrogens with one attached hydrogen (secondary N) is 2. The summed E-state index contributed by atoms with van der Waals surface area (Å²) in [5.41, 5.74) is 0. The fourth-order valence-electron chi connectivity index (χ4n) is 5.99. The minimum atomic E-state index is -5.20. The van der Waals surface area contributed by atoms with E-state index in [1.165, 1.54) is 0 Å². The van der Waals surface area contributed by atoms with Crippen LogP contribution in [0.5, 0.6) is 0 Å². The van der Waals surface area contributed by atoms with Gasteiger partial charge in [-0.2, -0.15) is 8.42 Å². The second-order valence-electron chi connectivity index (χ2n) is 12.9. The highest BCUT2D eigenvalue weighted by Gasteiger charge is 2.53. The van der Waals surface area contributed by atoms with Crippen LogP contribution in [0.4, 0.5) is 0 Å². The first kappa shape index (κ1) is 47.5. The third kappa shape index (κ3) is 12.3. The van der Waals surface area contributed by atoms with E-state index in [0.29, 0.717) is 0 Å². The van der Waals surface area contributed by atoms with Crippen molar-refractivity contribution >= 4 is 22.2 Å². The molecule has 27 heteroatoms. The molecule has 15 N–H and O–H groups in total. The van der Waals surface area contributed by atoms with Crippen molar-refractivity contribution in [1.29, 1.82) is 0 Å². The van der Waals surface area contributed by atoms with Gasteiger partial charge in [-0.3, -0.25) is 14.1 Å². The molecule has 2 amide bonds. The highest BCUT2D eigenvalue weighted by molar-refractivity contribution is 7.80. The summed E-state index contributed by atoms with van der Waals surface area (Å²) in [6.07, 6.45) is -32.5. The summed E-state index contributed by atoms with van der Waals surface area (Å²) < 4.78 is 69.4. The molecule has 3 aliphatic heterocycles. The maximum absolute atomic E-state index is 12.2. The number of hydrogen-bond acceptors (Lipinski definition) is 23. The van der Waals surface area contributed by atoms with Gasteiger partial charge >= 0.3 is 10.4 Å². The molecule has 19 atom stereocenters. The van der Waals surface area contributed by atoms with Crippen LogP contribution in [0.3, 0.4) is 0 Å². The Morgan fingerprint density at radius 1 is 0.727 bits per heavy atom. The molecule has 0 aromatic heterocycles. The molecule has 3 saturated heterocycles. The second-order valence-corrected chi connectivity index (χ2v) is 14.0. The van der Waals surface area contributed by atoms with Crippen LogP contribution in [0.1, 0.15) is 13.8 Å². The van der Waals surface area contributed by atoms with Crippen molar-refractivity contribution in [3.63, 3.8) is 0 Å². The van der Waals surface area contributed by atoms with Crippen molar-refractivity contribution in [3.05, 3.63) is 0 Å². The predicted octanol–water partition coefficient (Wildman–Crippen LogP) is -10.00. The molecule has 0 unspecified atom stereocenters. The maximum atomic E-state index is 12.2. The molecule has 3 rings (SSSR count). The molecule has 0 spiro atoms. The van der Waals surface area contributed by atoms with E-state index in [9.17, 15) is 83.8 Å². The van der Waals surface area contributed by atoms with Gasteiger partial charge in [0, 0.05) is 13.8 Å². The minimum Gasteiger partial charge on any atom is -0.394 e. The van der Waals surface area contributed by atoms with Crippen molar-refractivity contribution in [2.24, 2.45) is 0 Å². The SMILES string of the molecule is CC(=O)N[C@H]1[C@H](OC[C@@H](O)[C@H](O)[C@H](O[C@@H]2O[C@H](CO)[C@H](O)[C@H](O)[C@H]2O)[C@H](CO)NC(C)=O)O[C@H](COS(=O)(=O)O)[C@@H](O[C@@H]2O[C@H](CO)[C@H](O)[C@H](O)[C@H]2O)[C@@H]1O. The zero-order valence-corrected chi connectivity index (χ0v) is 30.0. The molecule has 0 radical (unpaired) electrons. The van der Waals surface area contributed by atoms with Crippen LogP contribution in [0.15, 0.2) is 0 Å². The van der Waals surface area contributed by atoms with E-state index in [4.69, 9.17) is 28.4 Å².